The summed E-state index contributed by atoms with van der Waals surface area (Å²) in [5.41, 5.74) is 0.172. The summed E-state index contributed by atoms with van der Waals surface area (Å²) in [5.74, 6) is -4.13. The predicted octanol–water partition coefficient (Wildman–Crippen LogP) is 1.08. The Balaban J connectivity index is 1.91. The summed E-state index contributed by atoms with van der Waals surface area (Å²) in [5, 5.41) is 12.7. The van der Waals surface area contributed by atoms with Crippen molar-refractivity contribution in [1.29, 1.82) is 0 Å². The monoisotopic (exact) mass is 381 g/mol. The molecule has 0 amide bonds. The van der Waals surface area contributed by atoms with Crippen molar-refractivity contribution in [3.63, 3.8) is 0 Å². The third-order valence-corrected chi connectivity index (χ3v) is 5.39. The normalized spacial score (nSPS) is 23.2. The number of nitrogens with zero attached hydrogens (tertiary/aromatic N) is 2. The molecule has 1 aromatic rings. The first-order chi connectivity index (χ1) is 12.4. The molecule has 138 valence electrons. The summed E-state index contributed by atoms with van der Waals surface area (Å²) in [6.07, 6.45) is 1.39. The minimum Gasteiger partial charge on any atom is -0.479 e. The number of nitrogens with one attached hydrogen (secondary N) is 1. The van der Waals surface area contributed by atoms with Crippen LogP contribution in [0.15, 0.2) is 6.07 Å². The first-order valence-corrected chi connectivity index (χ1v) is 8.87. The average Bonchev–Trinajstić information content (AvgIpc) is 3.43. The van der Waals surface area contributed by atoms with E-state index in [9.17, 15) is 23.9 Å². The number of halogens is 2. The maximum atomic E-state index is 14.8. The molecule has 0 spiro atoms. The Hall–Kier alpha value is -2.19. The van der Waals surface area contributed by atoms with E-state index in [4.69, 9.17) is 11.6 Å². The van der Waals surface area contributed by atoms with E-state index in [2.05, 4.69) is 5.32 Å². The molecule has 1 saturated carbocycles. The van der Waals surface area contributed by atoms with Crippen molar-refractivity contribution in [3.8, 4) is 0 Å². The molecular formula is C17H17ClFN3O4. The second kappa shape index (κ2) is 6.21. The van der Waals surface area contributed by atoms with Gasteiger partial charge in [0.25, 0.3) is 0 Å². The van der Waals surface area contributed by atoms with Crippen LogP contribution in [0.25, 0.3) is 0 Å². The number of rotatable bonds is 3. The zero-order chi connectivity index (χ0) is 18.6. The van der Waals surface area contributed by atoms with Gasteiger partial charge in [-0.25, -0.2) is 9.18 Å². The van der Waals surface area contributed by atoms with Gasteiger partial charge in [0.05, 0.1) is 22.0 Å². The number of carboxylic acid groups (broad SMARTS) is 1. The van der Waals surface area contributed by atoms with Crippen molar-refractivity contribution in [2.45, 2.75) is 24.9 Å². The van der Waals surface area contributed by atoms with Crippen LogP contribution in [0, 0.1) is 5.82 Å². The van der Waals surface area contributed by atoms with E-state index < -0.39 is 29.4 Å². The molecule has 2 N–H and O–H groups in total. The number of hydrogen-bond donors (Lipinski definition) is 2. The quantitative estimate of drug-likeness (QED) is 0.598. The highest BCUT2D eigenvalue weighted by atomic mass is 35.5. The van der Waals surface area contributed by atoms with Crippen LogP contribution in [0.2, 0.25) is 5.02 Å². The van der Waals surface area contributed by atoms with Gasteiger partial charge in [0, 0.05) is 32.2 Å². The van der Waals surface area contributed by atoms with Crippen molar-refractivity contribution < 1.29 is 23.9 Å². The average molecular weight is 382 g/mol. The van der Waals surface area contributed by atoms with E-state index in [-0.39, 0.29) is 28.0 Å². The smallest absolute Gasteiger partial charge is 0.334 e. The summed E-state index contributed by atoms with van der Waals surface area (Å²) in [6, 6.07) is -0.779. The number of ketones is 2. The van der Waals surface area contributed by atoms with Crippen LogP contribution >= 0.6 is 11.6 Å². The maximum Gasteiger partial charge on any atom is 0.334 e. The Morgan fingerprint density at radius 2 is 1.88 bits per heavy atom. The van der Waals surface area contributed by atoms with Gasteiger partial charge < -0.3 is 20.2 Å². The zero-order valence-electron chi connectivity index (χ0n) is 13.8. The Labute approximate surface area is 153 Å². The fourth-order valence-electron chi connectivity index (χ4n) is 3.69. The van der Waals surface area contributed by atoms with E-state index in [1.165, 1.54) is 4.90 Å². The van der Waals surface area contributed by atoms with Gasteiger partial charge in [-0.2, -0.15) is 0 Å². The number of benzene rings is 1. The fourth-order valence-corrected chi connectivity index (χ4v) is 4.10. The number of carbonyl (C=O) groups is 3. The molecule has 4 rings (SSSR count). The van der Waals surface area contributed by atoms with E-state index in [0.717, 1.165) is 6.07 Å². The lowest BCUT2D eigenvalue weighted by molar-refractivity contribution is -0.141. The van der Waals surface area contributed by atoms with Crippen molar-refractivity contribution >= 4 is 40.5 Å². The molecule has 2 fully saturated rings. The Bertz CT molecular complexity index is 821. The van der Waals surface area contributed by atoms with Crippen molar-refractivity contribution in [1.82, 2.24) is 5.32 Å². The molecule has 2 aliphatic heterocycles. The van der Waals surface area contributed by atoms with Gasteiger partial charge in [-0.05, 0) is 18.9 Å². The number of aliphatic carboxylic acids is 1. The summed E-state index contributed by atoms with van der Waals surface area (Å²) in [7, 11) is 0. The molecule has 0 aromatic heterocycles. The van der Waals surface area contributed by atoms with Crippen LogP contribution in [0.5, 0.6) is 0 Å². The molecule has 0 bridgehead atoms. The van der Waals surface area contributed by atoms with Crippen molar-refractivity contribution in [2.24, 2.45) is 0 Å². The van der Waals surface area contributed by atoms with Gasteiger partial charge in [0.1, 0.15) is 5.82 Å². The highest BCUT2D eigenvalue weighted by molar-refractivity contribution is 6.52. The maximum absolute atomic E-state index is 14.8. The zero-order valence-corrected chi connectivity index (χ0v) is 14.6. The van der Waals surface area contributed by atoms with Gasteiger partial charge in [0.15, 0.2) is 6.04 Å². The molecule has 1 unspecified atom stereocenters. The Kier molecular flexibility index (Phi) is 4.11. The summed E-state index contributed by atoms with van der Waals surface area (Å²) >= 11 is 6.51. The molecule has 1 atom stereocenters. The van der Waals surface area contributed by atoms with E-state index >= 15 is 0 Å². The summed E-state index contributed by atoms with van der Waals surface area (Å²) < 4.78 is 14.8. The van der Waals surface area contributed by atoms with Gasteiger partial charge >= 0.3 is 5.97 Å². The Morgan fingerprint density at radius 3 is 2.46 bits per heavy atom. The summed E-state index contributed by atoms with van der Waals surface area (Å²) in [6.45, 7) is 2.39. The van der Waals surface area contributed by atoms with Crippen molar-refractivity contribution in [3.05, 3.63) is 22.5 Å². The fraction of sp³-hybridized carbons (Fsp3) is 0.471. The number of fused-ring (bicyclic) bond motifs is 1. The second-order valence-corrected chi connectivity index (χ2v) is 7.10. The number of Topliss-reactive ketones (excluding diaryl/α,β-unsaturated/α-hetero) is 2. The number of piperazine rings is 1. The van der Waals surface area contributed by atoms with Crippen LogP contribution < -0.4 is 15.1 Å². The van der Waals surface area contributed by atoms with Crippen LogP contribution in [-0.4, -0.2) is 60.9 Å². The Morgan fingerprint density at radius 1 is 1.23 bits per heavy atom. The molecule has 26 heavy (non-hydrogen) atoms. The van der Waals surface area contributed by atoms with E-state index in [1.54, 1.807) is 4.90 Å². The lowest BCUT2D eigenvalue weighted by Crippen LogP contribution is -2.54. The molecule has 0 radical (unpaired) electrons. The number of anilines is 2. The van der Waals surface area contributed by atoms with Crippen LogP contribution in [0.3, 0.4) is 0 Å². The molecule has 2 heterocycles. The third-order valence-electron chi connectivity index (χ3n) is 5.03. The van der Waals surface area contributed by atoms with Gasteiger partial charge in [-0.15, -0.1) is 0 Å². The second-order valence-electron chi connectivity index (χ2n) is 6.73. The molecule has 3 aliphatic rings. The predicted molar refractivity (Wildman–Crippen MR) is 92.8 cm³/mol. The summed E-state index contributed by atoms with van der Waals surface area (Å²) in [4.78, 5) is 39.6. The van der Waals surface area contributed by atoms with Crippen molar-refractivity contribution in [2.75, 3.05) is 36.0 Å². The number of hydrogen-bond acceptors (Lipinski definition) is 6. The standard InChI is InChI=1S/C17H17ClFN3O4/c18-11-12-9(7-10(19)13(11)21-5-3-20-4-6-21)15(23)16(24)14(17(25)26)22(12)8-1-2-8/h7-8,14,20H,1-6H2,(H,25,26). The molecule has 1 saturated heterocycles. The first-order valence-electron chi connectivity index (χ1n) is 8.49. The van der Waals surface area contributed by atoms with Gasteiger partial charge in [-0.1, -0.05) is 11.6 Å². The molecule has 7 nitrogen and oxygen atoms in total. The highest BCUT2D eigenvalue weighted by Crippen LogP contribution is 2.47. The topological polar surface area (TPSA) is 89.9 Å². The SMILES string of the molecule is O=C1C(=O)C(C(=O)O)N(C2CC2)c2c1cc(F)c(N1CCNCC1)c2Cl. The van der Waals surface area contributed by atoms with Crippen LogP contribution in [-0.2, 0) is 9.59 Å². The molecule has 9 heteroatoms. The van der Waals surface area contributed by atoms with E-state index in [1.807, 2.05) is 0 Å². The van der Waals surface area contributed by atoms with Crippen LogP contribution in [0.1, 0.15) is 23.2 Å². The third kappa shape index (κ3) is 2.55. The minimum absolute atomic E-state index is 0.000833. The number of carboxylic acids is 1. The lowest BCUT2D eigenvalue weighted by atomic mass is 9.92. The van der Waals surface area contributed by atoms with Gasteiger partial charge in [0.2, 0.25) is 11.6 Å². The number of carbonyl (C=O) groups excluding carboxylic acids is 2. The van der Waals surface area contributed by atoms with E-state index in [0.29, 0.717) is 39.0 Å². The van der Waals surface area contributed by atoms with Gasteiger partial charge in [-0.3, -0.25) is 9.59 Å². The molecule has 1 aromatic carbocycles. The lowest BCUT2D eigenvalue weighted by Gasteiger charge is -2.38. The first kappa shape index (κ1) is 17.2. The highest BCUT2D eigenvalue weighted by Gasteiger charge is 2.50. The minimum atomic E-state index is -1.61. The largest absolute Gasteiger partial charge is 0.479 e. The molecular weight excluding hydrogens is 365 g/mol. The molecule has 1 aliphatic carbocycles. The van der Waals surface area contributed by atoms with Crippen LogP contribution in [0.4, 0.5) is 15.8 Å².